The van der Waals surface area contributed by atoms with Gasteiger partial charge in [0, 0.05) is 10.6 Å². The Morgan fingerprint density at radius 2 is 1.35 bits per heavy atom. The van der Waals surface area contributed by atoms with Crippen molar-refractivity contribution in [1.29, 1.82) is 0 Å². The summed E-state index contributed by atoms with van der Waals surface area (Å²) in [5.41, 5.74) is 1.78. The van der Waals surface area contributed by atoms with Crippen molar-refractivity contribution in [3.8, 4) is 5.75 Å². The Labute approximate surface area is 154 Å². The standard InChI is InChI=1S/C22H22NO2P/c1-3-22(18-14-16-19(25-2)17-15-18)23-26(24,20-10-6-4-7-11-20)21-12-8-5-9-13-21/h4-17H,3H2,1-2H3/b23-22+. The van der Waals surface area contributed by atoms with E-state index in [1.54, 1.807) is 7.11 Å². The molecule has 0 heterocycles. The number of benzene rings is 3. The van der Waals surface area contributed by atoms with Gasteiger partial charge in [0.2, 0.25) is 7.29 Å². The van der Waals surface area contributed by atoms with E-state index >= 15 is 0 Å². The van der Waals surface area contributed by atoms with Crippen molar-refractivity contribution < 1.29 is 9.30 Å². The summed E-state index contributed by atoms with van der Waals surface area (Å²) in [7, 11) is -1.48. The molecular weight excluding hydrogens is 341 g/mol. The van der Waals surface area contributed by atoms with E-state index < -0.39 is 7.29 Å². The van der Waals surface area contributed by atoms with Crippen LogP contribution >= 0.6 is 7.29 Å². The molecule has 0 saturated carbocycles. The molecule has 0 fully saturated rings. The van der Waals surface area contributed by atoms with Crippen molar-refractivity contribution >= 4 is 23.6 Å². The van der Waals surface area contributed by atoms with Crippen LogP contribution in [0.5, 0.6) is 5.75 Å². The van der Waals surface area contributed by atoms with Crippen LogP contribution < -0.4 is 15.3 Å². The normalized spacial score (nSPS) is 12.0. The molecule has 3 aromatic carbocycles. The molecule has 3 nitrogen and oxygen atoms in total. The lowest BCUT2D eigenvalue weighted by molar-refractivity contribution is 0.415. The summed E-state index contributed by atoms with van der Waals surface area (Å²) in [6.07, 6.45) is 0.690. The monoisotopic (exact) mass is 363 g/mol. The molecule has 3 rings (SSSR count). The fraction of sp³-hybridized carbons (Fsp3) is 0.136. The molecule has 4 heteroatoms. The second kappa shape index (κ2) is 8.16. The third kappa shape index (κ3) is 3.79. The lowest BCUT2D eigenvalue weighted by atomic mass is 10.1. The average Bonchev–Trinajstić information content (AvgIpc) is 2.73. The van der Waals surface area contributed by atoms with Gasteiger partial charge < -0.3 is 4.74 Å². The van der Waals surface area contributed by atoms with Gasteiger partial charge in [0.1, 0.15) is 5.75 Å². The minimum absolute atomic E-state index is 0.690. The van der Waals surface area contributed by atoms with Crippen LogP contribution in [-0.4, -0.2) is 12.8 Å². The lowest BCUT2D eigenvalue weighted by Crippen LogP contribution is -2.16. The predicted octanol–water partition coefficient (Wildman–Crippen LogP) is 4.82. The van der Waals surface area contributed by atoms with Crippen molar-refractivity contribution in [2.45, 2.75) is 13.3 Å². The van der Waals surface area contributed by atoms with Crippen LogP contribution in [0.3, 0.4) is 0 Å². The molecule has 0 bridgehead atoms. The Morgan fingerprint density at radius 3 is 1.77 bits per heavy atom. The molecule has 3 aromatic rings. The van der Waals surface area contributed by atoms with Gasteiger partial charge in [-0.1, -0.05) is 43.3 Å². The van der Waals surface area contributed by atoms with Gasteiger partial charge in [-0.15, -0.1) is 0 Å². The van der Waals surface area contributed by atoms with Crippen molar-refractivity contribution in [1.82, 2.24) is 0 Å². The maximum atomic E-state index is 14.1. The van der Waals surface area contributed by atoms with Crippen LogP contribution in [0.1, 0.15) is 18.9 Å². The van der Waals surface area contributed by atoms with Crippen LogP contribution in [0.2, 0.25) is 0 Å². The van der Waals surface area contributed by atoms with Crippen molar-refractivity contribution in [2.24, 2.45) is 4.76 Å². The molecule has 0 saturated heterocycles. The second-order valence-electron chi connectivity index (χ2n) is 5.88. The van der Waals surface area contributed by atoms with Crippen LogP contribution in [0.25, 0.3) is 0 Å². The highest BCUT2D eigenvalue weighted by Gasteiger charge is 2.27. The zero-order valence-corrected chi connectivity index (χ0v) is 15.9. The third-order valence-corrected chi connectivity index (χ3v) is 6.75. The zero-order chi connectivity index (χ0) is 18.4. The summed E-state index contributed by atoms with van der Waals surface area (Å²) >= 11 is 0. The molecule has 0 atom stereocenters. The minimum Gasteiger partial charge on any atom is -0.497 e. The smallest absolute Gasteiger partial charge is 0.247 e. The predicted molar refractivity (Wildman–Crippen MR) is 110 cm³/mol. The topological polar surface area (TPSA) is 38.7 Å². The van der Waals surface area contributed by atoms with Gasteiger partial charge in [-0.2, -0.15) is 0 Å². The zero-order valence-electron chi connectivity index (χ0n) is 15.0. The number of hydrogen-bond donors (Lipinski definition) is 0. The van der Waals surface area contributed by atoms with E-state index in [0.717, 1.165) is 27.6 Å². The highest BCUT2D eigenvalue weighted by Crippen LogP contribution is 2.45. The lowest BCUT2D eigenvalue weighted by Gasteiger charge is -2.17. The Morgan fingerprint density at radius 1 is 0.846 bits per heavy atom. The van der Waals surface area contributed by atoms with Gasteiger partial charge in [0.05, 0.1) is 12.8 Å². The van der Waals surface area contributed by atoms with E-state index in [-0.39, 0.29) is 0 Å². The number of hydrogen-bond acceptors (Lipinski definition) is 2. The number of methoxy groups -OCH3 is 1. The first kappa shape index (κ1) is 18.2. The highest BCUT2D eigenvalue weighted by molar-refractivity contribution is 7.77. The first-order valence-electron chi connectivity index (χ1n) is 8.62. The van der Waals surface area contributed by atoms with Crippen LogP contribution in [0, 0.1) is 0 Å². The maximum absolute atomic E-state index is 14.1. The molecule has 0 radical (unpaired) electrons. The molecule has 26 heavy (non-hydrogen) atoms. The summed E-state index contributed by atoms with van der Waals surface area (Å²) in [4.78, 5) is 0. The molecule has 0 aromatic heterocycles. The quantitative estimate of drug-likeness (QED) is 0.465. The molecule has 132 valence electrons. The molecular formula is C22H22NO2P. The van der Waals surface area contributed by atoms with Crippen molar-refractivity contribution in [3.63, 3.8) is 0 Å². The van der Waals surface area contributed by atoms with E-state index in [4.69, 9.17) is 9.50 Å². The first-order valence-corrected chi connectivity index (χ1v) is 10.3. The largest absolute Gasteiger partial charge is 0.497 e. The maximum Gasteiger partial charge on any atom is 0.247 e. The average molecular weight is 363 g/mol. The highest BCUT2D eigenvalue weighted by atomic mass is 31.2. The molecule has 0 aliphatic rings. The van der Waals surface area contributed by atoms with E-state index in [1.165, 1.54) is 0 Å². The van der Waals surface area contributed by atoms with E-state index in [1.807, 2.05) is 91.9 Å². The second-order valence-corrected chi connectivity index (χ2v) is 8.26. The molecule has 0 amide bonds. The number of nitrogens with zero attached hydrogens (tertiary/aromatic N) is 1. The molecule has 0 N–H and O–H groups in total. The molecule has 0 aliphatic heterocycles. The Hall–Kier alpha value is -2.64. The van der Waals surface area contributed by atoms with Gasteiger partial charge in [-0.25, -0.2) is 4.76 Å². The third-order valence-electron chi connectivity index (χ3n) is 4.23. The van der Waals surface area contributed by atoms with Crippen molar-refractivity contribution in [3.05, 3.63) is 90.5 Å². The summed E-state index contributed by atoms with van der Waals surface area (Å²) in [5, 5.41) is 1.48. The Bertz CT molecular complexity index is 876. The number of rotatable bonds is 6. The first-order chi connectivity index (χ1) is 12.7. The molecule has 0 unspecified atom stereocenters. The summed E-state index contributed by atoms with van der Waals surface area (Å²) < 4.78 is 24.1. The molecule has 0 spiro atoms. The fourth-order valence-corrected chi connectivity index (χ4v) is 5.09. The SMILES string of the molecule is CC/C(=N\P(=O)(c1ccccc1)c1ccccc1)c1ccc(OC)cc1. The Kier molecular flexibility index (Phi) is 5.70. The van der Waals surface area contributed by atoms with Gasteiger partial charge in [0.25, 0.3) is 0 Å². The summed E-state index contributed by atoms with van der Waals surface area (Å²) in [6, 6.07) is 26.7. The van der Waals surface area contributed by atoms with Gasteiger partial charge in [-0.05, 0) is 60.5 Å². The number of ether oxygens (including phenoxy) is 1. The van der Waals surface area contributed by atoms with Gasteiger partial charge >= 0.3 is 0 Å². The van der Waals surface area contributed by atoms with Gasteiger partial charge in [0.15, 0.2) is 0 Å². The van der Waals surface area contributed by atoms with E-state index in [0.29, 0.717) is 6.42 Å². The van der Waals surface area contributed by atoms with Crippen LogP contribution in [-0.2, 0) is 4.57 Å². The van der Waals surface area contributed by atoms with Gasteiger partial charge in [-0.3, -0.25) is 4.57 Å². The fourth-order valence-electron chi connectivity index (χ4n) is 2.81. The Balaban J connectivity index is 2.14. The summed E-state index contributed by atoms with van der Waals surface area (Å²) in [5.74, 6) is 0.790. The van der Waals surface area contributed by atoms with Crippen LogP contribution in [0.15, 0.2) is 89.7 Å². The van der Waals surface area contributed by atoms with E-state index in [9.17, 15) is 4.57 Å². The summed E-state index contributed by atoms with van der Waals surface area (Å²) in [6.45, 7) is 2.03. The van der Waals surface area contributed by atoms with Crippen molar-refractivity contribution in [2.75, 3.05) is 7.11 Å². The van der Waals surface area contributed by atoms with E-state index in [2.05, 4.69) is 0 Å². The minimum atomic E-state index is -3.12. The van der Waals surface area contributed by atoms with Crippen LogP contribution in [0.4, 0.5) is 0 Å². The molecule has 0 aliphatic carbocycles.